The number of pyridine rings is 1. The number of hydrogen-bond donors (Lipinski definition) is 1. The second kappa shape index (κ2) is 8.84. The molecule has 2 heterocycles. The summed E-state index contributed by atoms with van der Waals surface area (Å²) in [5, 5.41) is 0. The number of piperidine rings is 1. The van der Waals surface area contributed by atoms with Crippen LogP contribution in [0.5, 0.6) is 0 Å². The van der Waals surface area contributed by atoms with Gasteiger partial charge >= 0.3 is 6.09 Å². The van der Waals surface area contributed by atoms with Crippen LogP contribution in [0.2, 0.25) is 0 Å². The molecule has 1 aromatic rings. The standard InChI is InChI=1S/C19H29N3O4S/c1-13(2)16-9-6-8-15(20-16)12-18-17(21-27(5,24)25)10-7-11-22(18)19(23)26-14(3)4/h6,8-9,14,17-18,21H,1,7,10-12H2,2-5H3/t17-,18-/m1/s1. The third kappa shape index (κ3) is 6.32. The number of hydrogen-bond acceptors (Lipinski definition) is 5. The first-order chi connectivity index (χ1) is 12.6. The van der Waals surface area contributed by atoms with Gasteiger partial charge in [-0.2, -0.15) is 0 Å². The maximum atomic E-state index is 12.6. The van der Waals surface area contributed by atoms with Gasteiger partial charge in [0.1, 0.15) is 0 Å². The number of sulfonamides is 1. The molecule has 1 saturated heterocycles. The molecule has 0 aliphatic carbocycles. The minimum atomic E-state index is -3.41. The molecule has 0 saturated carbocycles. The molecule has 0 aromatic carbocycles. The zero-order chi connectivity index (χ0) is 20.2. The van der Waals surface area contributed by atoms with Crippen LogP contribution in [-0.2, 0) is 21.2 Å². The third-order valence-electron chi connectivity index (χ3n) is 4.38. The lowest BCUT2D eigenvalue weighted by Crippen LogP contribution is -2.58. The Morgan fingerprint density at radius 3 is 2.74 bits per heavy atom. The minimum Gasteiger partial charge on any atom is -0.447 e. The highest BCUT2D eigenvalue weighted by atomic mass is 32.2. The van der Waals surface area contributed by atoms with Crippen LogP contribution in [0.3, 0.4) is 0 Å². The molecular formula is C19H29N3O4S. The molecule has 1 aliphatic heterocycles. The van der Waals surface area contributed by atoms with Crippen LogP contribution in [0.25, 0.3) is 5.57 Å². The van der Waals surface area contributed by atoms with Crippen molar-refractivity contribution in [2.75, 3.05) is 12.8 Å². The molecule has 1 amide bonds. The molecule has 1 aliphatic rings. The molecule has 150 valence electrons. The van der Waals surface area contributed by atoms with Crippen molar-refractivity contribution in [3.05, 3.63) is 36.2 Å². The number of likely N-dealkylation sites (tertiary alicyclic amines) is 1. The van der Waals surface area contributed by atoms with Crippen molar-refractivity contribution in [2.45, 2.75) is 58.2 Å². The first-order valence-corrected chi connectivity index (χ1v) is 11.0. The SMILES string of the molecule is C=C(C)c1cccc(C[C@@H]2[C@H](NS(C)(=O)=O)CCCN2C(=O)OC(C)C)n1. The molecule has 1 fully saturated rings. The monoisotopic (exact) mass is 395 g/mol. The van der Waals surface area contributed by atoms with Gasteiger partial charge in [0, 0.05) is 24.7 Å². The summed E-state index contributed by atoms with van der Waals surface area (Å²) in [6.07, 6.45) is 2.26. The van der Waals surface area contributed by atoms with Crippen LogP contribution in [0.1, 0.15) is 45.0 Å². The normalized spacial score (nSPS) is 20.6. The molecule has 27 heavy (non-hydrogen) atoms. The number of carbonyl (C=O) groups is 1. The van der Waals surface area contributed by atoms with Crippen LogP contribution in [-0.4, -0.2) is 55.4 Å². The Hall–Kier alpha value is -1.93. The summed E-state index contributed by atoms with van der Waals surface area (Å²) in [6.45, 7) is 9.91. The first kappa shape index (κ1) is 21.4. The quantitative estimate of drug-likeness (QED) is 0.800. The van der Waals surface area contributed by atoms with E-state index in [1.165, 1.54) is 0 Å². The van der Waals surface area contributed by atoms with Crippen molar-refractivity contribution < 1.29 is 17.9 Å². The molecule has 7 nitrogen and oxygen atoms in total. The van der Waals surface area contributed by atoms with Crippen LogP contribution in [0, 0.1) is 0 Å². The number of allylic oxidation sites excluding steroid dienone is 1. The molecule has 2 rings (SSSR count). The van der Waals surface area contributed by atoms with Gasteiger partial charge in [-0.1, -0.05) is 12.6 Å². The lowest BCUT2D eigenvalue weighted by molar-refractivity contribution is 0.0459. The largest absolute Gasteiger partial charge is 0.447 e. The smallest absolute Gasteiger partial charge is 0.410 e. The number of ether oxygens (including phenoxy) is 1. The Morgan fingerprint density at radius 2 is 2.15 bits per heavy atom. The zero-order valence-corrected chi connectivity index (χ0v) is 17.3. The van der Waals surface area contributed by atoms with Gasteiger partial charge in [-0.25, -0.2) is 17.9 Å². The highest BCUT2D eigenvalue weighted by Crippen LogP contribution is 2.23. The number of carbonyl (C=O) groups excluding carboxylic acids is 1. The average Bonchev–Trinajstić information content (AvgIpc) is 2.54. The molecule has 2 atom stereocenters. The van der Waals surface area contributed by atoms with E-state index < -0.39 is 16.1 Å². The van der Waals surface area contributed by atoms with E-state index in [0.717, 1.165) is 23.2 Å². The summed E-state index contributed by atoms with van der Waals surface area (Å²) in [5.74, 6) is 0. The molecule has 1 N–H and O–H groups in total. The van der Waals surface area contributed by atoms with Gasteiger partial charge in [0.25, 0.3) is 0 Å². The molecule has 0 spiro atoms. The Kier molecular flexibility index (Phi) is 7.00. The number of rotatable bonds is 6. The summed E-state index contributed by atoms with van der Waals surface area (Å²) >= 11 is 0. The fourth-order valence-corrected chi connectivity index (χ4v) is 4.09. The average molecular weight is 396 g/mol. The number of nitrogens with zero attached hydrogens (tertiary/aromatic N) is 2. The fourth-order valence-electron chi connectivity index (χ4n) is 3.26. The van der Waals surface area contributed by atoms with Crippen LogP contribution in [0.15, 0.2) is 24.8 Å². The van der Waals surface area contributed by atoms with E-state index in [2.05, 4.69) is 16.3 Å². The maximum absolute atomic E-state index is 12.6. The Balaban J connectivity index is 2.32. The van der Waals surface area contributed by atoms with Crippen molar-refractivity contribution >= 4 is 21.7 Å². The molecule has 8 heteroatoms. The highest BCUT2D eigenvalue weighted by molar-refractivity contribution is 7.88. The summed E-state index contributed by atoms with van der Waals surface area (Å²) in [6, 6.07) is 4.90. The van der Waals surface area contributed by atoms with E-state index in [1.807, 2.05) is 25.1 Å². The second-order valence-corrected chi connectivity index (χ2v) is 9.11. The summed E-state index contributed by atoms with van der Waals surface area (Å²) in [5.41, 5.74) is 2.42. The van der Waals surface area contributed by atoms with Crippen molar-refractivity contribution in [1.82, 2.24) is 14.6 Å². The highest BCUT2D eigenvalue weighted by Gasteiger charge is 2.37. The number of nitrogens with one attached hydrogen (secondary N) is 1. The first-order valence-electron chi connectivity index (χ1n) is 9.13. The van der Waals surface area contributed by atoms with Crippen molar-refractivity contribution in [1.29, 1.82) is 0 Å². The predicted octanol–water partition coefficient (Wildman–Crippen LogP) is 2.58. The van der Waals surface area contributed by atoms with Crippen LogP contribution in [0.4, 0.5) is 4.79 Å². The fraction of sp³-hybridized carbons (Fsp3) is 0.579. The molecule has 0 radical (unpaired) electrons. The molecular weight excluding hydrogens is 366 g/mol. The molecule has 1 aromatic heterocycles. The molecule has 0 unspecified atom stereocenters. The maximum Gasteiger partial charge on any atom is 0.410 e. The van der Waals surface area contributed by atoms with E-state index in [-0.39, 0.29) is 18.2 Å². The third-order valence-corrected chi connectivity index (χ3v) is 5.11. The van der Waals surface area contributed by atoms with Crippen LogP contribution >= 0.6 is 0 Å². The van der Waals surface area contributed by atoms with E-state index >= 15 is 0 Å². The van der Waals surface area contributed by atoms with Gasteiger partial charge < -0.3 is 9.64 Å². The minimum absolute atomic E-state index is 0.244. The summed E-state index contributed by atoms with van der Waals surface area (Å²) in [4.78, 5) is 18.8. The Morgan fingerprint density at radius 1 is 1.44 bits per heavy atom. The van der Waals surface area contributed by atoms with Crippen molar-refractivity contribution in [3.8, 4) is 0 Å². The van der Waals surface area contributed by atoms with Gasteiger partial charge in [-0.05, 0) is 51.3 Å². The van der Waals surface area contributed by atoms with E-state index in [4.69, 9.17) is 4.74 Å². The lowest BCUT2D eigenvalue weighted by atomic mass is 9.93. The Labute approximate surface area is 161 Å². The number of aromatic nitrogens is 1. The van der Waals surface area contributed by atoms with Gasteiger partial charge in [-0.15, -0.1) is 0 Å². The summed E-state index contributed by atoms with van der Waals surface area (Å²) < 4.78 is 31.7. The lowest BCUT2D eigenvalue weighted by Gasteiger charge is -2.40. The zero-order valence-electron chi connectivity index (χ0n) is 16.4. The second-order valence-electron chi connectivity index (χ2n) is 7.33. The van der Waals surface area contributed by atoms with E-state index in [0.29, 0.717) is 25.8 Å². The van der Waals surface area contributed by atoms with Gasteiger partial charge in [0.2, 0.25) is 10.0 Å². The van der Waals surface area contributed by atoms with Crippen molar-refractivity contribution in [3.63, 3.8) is 0 Å². The Bertz CT molecular complexity index is 792. The predicted molar refractivity (Wildman–Crippen MR) is 106 cm³/mol. The van der Waals surface area contributed by atoms with Crippen molar-refractivity contribution in [2.24, 2.45) is 0 Å². The van der Waals surface area contributed by atoms with Gasteiger partial charge in [0.05, 0.1) is 24.1 Å². The molecule has 0 bridgehead atoms. The summed E-state index contributed by atoms with van der Waals surface area (Å²) in [7, 11) is -3.41. The van der Waals surface area contributed by atoms with Gasteiger partial charge in [0.15, 0.2) is 0 Å². The van der Waals surface area contributed by atoms with Crippen LogP contribution < -0.4 is 4.72 Å². The topological polar surface area (TPSA) is 88.6 Å². The van der Waals surface area contributed by atoms with E-state index in [9.17, 15) is 13.2 Å². The van der Waals surface area contributed by atoms with Gasteiger partial charge in [-0.3, -0.25) is 4.98 Å². The number of amides is 1. The van der Waals surface area contributed by atoms with E-state index in [1.54, 1.807) is 18.7 Å².